The van der Waals surface area contributed by atoms with E-state index >= 15 is 0 Å². The van der Waals surface area contributed by atoms with Crippen molar-refractivity contribution >= 4 is 22.5 Å². The topological polar surface area (TPSA) is 63.6 Å². The Bertz CT molecular complexity index is 1260. The van der Waals surface area contributed by atoms with Crippen molar-refractivity contribution in [3.8, 4) is 11.3 Å². The van der Waals surface area contributed by atoms with Crippen molar-refractivity contribution in [2.24, 2.45) is 0 Å². The van der Waals surface area contributed by atoms with Crippen LogP contribution in [0.3, 0.4) is 0 Å². The van der Waals surface area contributed by atoms with E-state index in [9.17, 15) is 13.2 Å². The zero-order valence-corrected chi connectivity index (χ0v) is 16.6. The molecule has 0 atom stereocenters. The third-order valence-electron chi connectivity index (χ3n) is 5.32. The molecular formula is C23H18F3N5. The lowest BCUT2D eigenvalue weighted by atomic mass is 10.0. The van der Waals surface area contributed by atoms with Gasteiger partial charge in [-0.15, -0.1) is 0 Å². The maximum Gasteiger partial charge on any atom is 0.417 e. The minimum atomic E-state index is -4.42. The molecule has 0 bridgehead atoms. The van der Waals surface area contributed by atoms with Crippen LogP contribution < -0.4 is 5.32 Å². The van der Waals surface area contributed by atoms with Crippen LogP contribution in [0, 0.1) is 6.92 Å². The van der Waals surface area contributed by atoms with Crippen LogP contribution in [-0.4, -0.2) is 19.9 Å². The highest BCUT2D eigenvalue weighted by Crippen LogP contribution is 2.40. The molecule has 1 saturated carbocycles. The predicted molar refractivity (Wildman–Crippen MR) is 112 cm³/mol. The molecule has 0 radical (unpaired) electrons. The summed E-state index contributed by atoms with van der Waals surface area (Å²) in [6.45, 7) is 1.89. The number of anilines is 2. The first kappa shape index (κ1) is 19.4. The normalized spacial score (nSPS) is 14.1. The molecule has 5 nitrogen and oxygen atoms in total. The Balaban J connectivity index is 1.55. The molecule has 3 aromatic heterocycles. The van der Waals surface area contributed by atoms with E-state index < -0.39 is 11.7 Å². The minimum absolute atomic E-state index is 0.294. The molecule has 0 saturated heterocycles. The Morgan fingerprint density at radius 3 is 2.55 bits per heavy atom. The minimum Gasteiger partial charge on any atom is -0.325 e. The van der Waals surface area contributed by atoms with E-state index in [1.165, 1.54) is 6.07 Å². The quantitative estimate of drug-likeness (QED) is 0.436. The van der Waals surface area contributed by atoms with Crippen LogP contribution in [-0.2, 0) is 6.18 Å². The number of hydrogen-bond acceptors (Lipinski definition) is 5. The first-order valence-electron chi connectivity index (χ1n) is 9.92. The van der Waals surface area contributed by atoms with Gasteiger partial charge in [-0.1, -0.05) is 18.2 Å². The number of nitrogens with one attached hydrogen (secondary N) is 1. The Morgan fingerprint density at radius 1 is 1.00 bits per heavy atom. The Morgan fingerprint density at radius 2 is 1.84 bits per heavy atom. The van der Waals surface area contributed by atoms with Crippen LogP contribution in [0.25, 0.3) is 22.2 Å². The second-order valence-electron chi connectivity index (χ2n) is 7.64. The molecule has 31 heavy (non-hydrogen) atoms. The molecule has 1 aliphatic rings. The molecule has 0 spiro atoms. The fourth-order valence-corrected chi connectivity index (χ4v) is 3.43. The van der Waals surface area contributed by atoms with Crippen LogP contribution in [0.5, 0.6) is 0 Å². The van der Waals surface area contributed by atoms with Crippen molar-refractivity contribution in [2.75, 3.05) is 5.32 Å². The van der Waals surface area contributed by atoms with Gasteiger partial charge in [0, 0.05) is 34.8 Å². The first-order valence-corrected chi connectivity index (χ1v) is 9.92. The van der Waals surface area contributed by atoms with Gasteiger partial charge in [-0.25, -0.2) is 15.0 Å². The predicted octanol–water partition coefficient (Wildman–Crippen LogP) is 6.04. The van der Waals surface area contributed by atoms with Gasteiger partial charge in [-0.2, -0.15) is 13.2 Å². The van der Waals surface area contributed by atoms with Gasteiger partial charge in [-0.3, -0.25) is 4.98 Å². The van der Waals surface area contributed by atoms with E-state index in [-0.39, 0.29) is 0 Å². The smallest absolute Gasteiger partial charge is 0.325 e. The van der Waals surface area contributed by atoms with Crippen LogP contribution in [0.15, 0.2) is 54.9 Å². The van der Waals surface area contributed by atoms with Gasteiger partial charge in [-0.05, 0) is 44.0 Å². The molecular weight excluding hydrogens is 403 g/mol. The highest BCUT2D eigenvalue weighted by atomic mass is 19.4. The average Bonchev–Trinajstić information content (AvgIpc) is 3.60. The summed E-state index contributed by atoms with van der Waals surface area (Å²) in [4.78, 5) is 17.8. The molecule has 1 aliphatic carbocycles. The van der Waals surface area contributed by atoms with Crippen molar-refractivity contribution in [3.05, 3.63) is 71.8 Å². The third-order valence-corrected chi connectivity index (χ3v) is 5.32. The molecule has 0 aliphatic heterocycles. The van der Waals surface area contributed by atoms with Crippen molar-refractivity contribution in [1.29, 1.82) is 0 Å². The second kappa shape index (κ2) is 7.30. The Kier molecular flexibility index (Phi) is 4.57. The lowest BCUT2D eigenvalue weighted by molar-refractivity contribution is -0.137. The summed E-state index contributed by atoms with van der Waals surface area (Å²) in [6.07, 6.45) is 0.195. The molecule has 1 aromatic carbocycles. The van der Waals surface area contributed by atoms with Gasteiger partial charge in [0.25, 0.3) is 0 Å². The van der Waals surface area contributed by atoms with Crippen LogP contribution in [0.4, 0.5) is 24.8 Å². The number of benzene rings is 1. The van der Waals surface area contributed by atoms with Gasteiger partial charge in [0.2, 0.25) is 0 Å². The van der Waals surface area contributed by atoms with Gasteiger partial charge in [0.15, 0.2) is 0 Å². The molecule has 3 heterocycles. The number of alkyl halides is 3. The standard InChI is InChI=1S/C23H18F3N5/c1-13-20(16-7-4-14-3-2-10-27-18(14)11-16)30-22(15-5-6-15)31-21(13)29-19-9-8-17(12-28-19)23(24,25)26/h2-4,7-12,15H,5-6H2,1H3,(H,28,29,30,31). The summed E-state index contributed by atoms with van der Waals surface area (Å²) >= 11 is 0. The SMILES string of the molecule is Cc1c(Nc2ccc(C(F)(F)F)cn2)nc(C2CC2)nc1-c1ccc2cccnc2c1. The maximum absolute atomic E-state index is 12.8. The molecule has 5 rings (SSSR count). The number of halogens is 3. The summed E-state index contributed by atoms with van der Waals surface area (Å²) < 4.78 is 38.5. The summed E-state index contributed by atoms with van der Waals surface area (Å²) in [6, 6.07) is 12.2. The van der Waals surface area contributed by atoms with Gasteiger partial charge in [0.1, 0.15) is 17.5 Å². The average molecular weight is 421 g/mol. The number of fused-ring (bicyclic) bond motifs is 1. The fraction of sp³-hybridized carbons (Fsp3) is 0.217. The Labute approximate surface area is 176 Å². The van der Waals surface area contributed by atoms with E-state index in [1.807, 2.05) is 37.3 Å². The number of pyridine rings is 2. The zero-order chi connectivity index (χ0) is 21.6. The molecule has 1 N–H and O–H groups in total. The molecule has 0 amide bonds. The van der Waals surface area contributed by atoms with Crippen LogP contribution in [0.1, 0.15) is 35.7 Å². The monoisotopic (exact) mass is 421 g/mol. The molecule has 1 fully saturated rings. The highest BCUT2D eigenvalue weighted by molar-refractivity contribution is 5.84. The lowest BCUT2D eigenvalue weighted by Crippen LogP contribution is -2.08. The van der Waals surface area contributed by atoms with E-state index in [0.717, 1.165) is 58.7 Å². The highest BCUT2D eigenvalue weighted by Gasteiger charge is 2.31. The van der Waals surface area contributed by atoms with Gasteiger partial charge < -0.3 is 5.32 Å². The van der Waals surface area contributed by atoms with Crippen molar-refractivity contribution in [3.63, 3.8) is 0 Å². The third kappa shape index (κ3) is 3.93. The fourth-order valence-electron chi connectivity index (χ4n) is 3.43. The number of nitrogens with zero attached hydrogens (tertiary/aromatic N) is 4. The first-order chi connectivity index (χ1) is 14.9. The van der Waals surface area contributed by atoms with Crippen LogP contribution >= 0.6 is 0 Å². The summed E-state index contributed by atoms with van der Waals surface area (Å²) in [5, 5.41) is 4.11. The van der Waals surface area contributed by atoms with E-state index in [1.54, 1.807) is 6.20 Å². The lowest BCUT2D eigenvalue weighted by Gasteiger charge is -2.15. The molecule has 8 heteroatoms. The van der Waals surface area contributed by atoms with E-state index in [0.29, 0.717) is 17.6 Å². The summed E-state index contributed by atoms with van der Waals surface area (Å²) in [5.74, 6) is 1.87. The number of hydrogen-bond donors (Lipinski definition) is 1. The van der Waals surface area contributed by atoms with Crippen molar-refractivity contribution < 1.29 is 13.2 Å². The van der Waals surface area contributed by atoms with Gasteiger partial charge in [0.05, 0.1) is 16.8 Å². The second-order valence-corrected chi connectivity index (χ2v) is 7.64. The van der Waals surface area contributed by atoms with Crippen LogP contribution in [0.2, 0.25) is 0 Å². The maximum atomic E-state index is 12.8. The van der Waals surface area contributed by atoms with E-state index in [2.05, 4.69) is 20.3 Å². The molecule has 4 aromatic rings. The van der Waals surface area contributed by atoms with Gasteiger partial charge >= 0.3 is 6.18 Å². The van der Waals surface area contributed by atoms with E-state index in [4.69, 9.17) is 4.98 Å². The largest absolute Gasteiger partial charge is 0.417 e. The molecule has 156 valence electrons. The Hall–Kier alpha value is -3.55. The summed E-state index contributed by atoms with van der Waals surface area (Å²) in [5.41, 5.74) is 2.56. The number of rotatable bonds is 4. The molecule has 0 unspecified atom stereocenters. The number of aromatic nitrogens is 4. The van der Waals surface area contributed by atoms with Crippen molar-refractivity contribution in [2.45, 2.75) is 31.9 Å². The summed E-state index contributed by atoms with van der Waals surface area (Å²) in [7, 11) is 0. The van der Waals surface area contributed by atoms with Crippen molar-refractivity contribution in [1.82, 2.24) is 19.9 Å². The zero-order valence-electron chi connectivity index (χ0n) is 16.6.